The lowest BCUT2D eigenvalue weighted by Crippen LogP contribution is -2.28. The summed E-state index contributed by atoms with van der Waals surface area (Å²) in [5.74, 6) is -0.691. The molecule has 8 nitrogen and oxygen atoms in total. The van der Waals surface area contributed by atoms with Crippen molar-refractivity contribution in [3.63, 3.8) is 0 Å². The van der Waals surface area contributed by atoms with Crippen LogP contribution in [-0.4, -0.2) is 30.7 Å². The first-order valence-electron chi connectivity index (χ1n) is 8.62. The van der Waals surface area contributed by atoms with Crippen LogP contribution in [0.1, 0.15) is 30.1 Å². The average molecular weight is 381 g/mol. The monoisotopic (exact) mass is 381 g/mol. The number of ether oxygens (including phenoxy) is 1. The molecule has 0 saturated carbocycles. The molecular weight excluding hydrogens is 362 g/mol. The molecule has 0 unspecified atom stereocenters. The van der Waals surface area contributed by atoms with Crippen LogP contribution in [0, 0.1) is 0 Å². The molecule has 2 aromatic carbocycles. The Bertz CT molecular complexity index is 937. The van der Waals surface area contributed by atoms with E-state index in [1.807, 2.05) is 0 Å². The third-order valence-corrected chi connectivity index (χ3v) is 4.21. The highest BCUT2D eigenvalue weighted by molar-refractivity contribution is 6.20. The highest BCUT2D eigenvalue weighted by Crippen LogP contribution is 2.29. The zero-order valence-electron chi connectivity index (χ0n) is 15.4. The van der Waals surface area contributed by atoms with Crippen molar-refractivity contribution in [1.82, 2.24) is 0 Å². The number of nitrogens with one attached hydrogen (secondary N) is 2. The van der Waals surface area contributed by atoms with Gasteiger partial charge in [-0.25, -0.2) is 0 Å². The second-order valence-corrected chi connectivity index (χ2v) is 6.22. The number of carbonyl (C=O) groups is 4. The van der Waals surface area contributed by atoms with E-state index >= 15 is 0 Å². The van der Waals surface area contributed by atoms with Crippen LogP contribution in [0.25, 0.3) is 0 Å². The molecule has 0 atom stereocenters. The molecule has 3 rings (SSSR count). The second-order valence-electron chi connectivity index (χ2n) is 6.22. The van der Waals surface area contributed by atoms with Crippen LogP contribution in [-0.2, 0) is 14.4 Å². The van der Waals surface area contributed by atoms with E-state index in [4.69, 9.17) is 4.74 Å². The largest absolute Gasteiger partial charge is 0.495 e. The minimum atomic E-state index is -0.399. The lowest BCUT2D eigenvalue weighted by molar-refractivity contribution is -0.121. The summed E-state index contributed by atoms with van der Waals surface area (Å²) in [5.41, 5.74) is 1.70. The quantitative estimate of drug-likeness (QED) is 0.775. The third-order valence-electron chi connectivity index (χ3n) is 4.21. The Morgan fingerprint density at radius 2 is 1.61 bits per heavy atom. The Kier molecular flexibility index (Phi) is 5.39. The van der Waals surface area contributed by atoms with Crippen molar-refractivity contribution < 1.29 is 23.9 Å². The van der Waals surface area contributed by atoms with E-state index < -0.39 is 5.91 Å². The Hall–Kier alpha value is -3.68. The highest BCUT2D eigenvalue weighted by Gasteiger charge is 2.30. The van der Waals surface area contributed by atoms with Crippen LogP contribution in [0.2, 0.25) is 0 Å². The van der Waals surface area contributed by atoms with Gasteiger partial charge in [0.15, 0.2) is 0 Å². The van der Waals surface area contributed by atoms with Gasteiger partial charge < -0.3 is 15.4 Å². The first kappa shape index (κ1) is 19.1. The number of methoxy groups -OCH3 is 1. The summed E-state index contributed by atoms with van der Waals surface area (Å²) in [7, 11) is 1.47. The first-order chi connectivity index (χ1) is 13.4. The van der Waals surface area contributed by atoms with Gasteiger partial charge in [0, 0.05) is 31.0 Å². The number of carbonyl (C=O) groups excluding carboxylic acids is 4. The maximum Gasteiger partial charge on any atom is 0.255 e. The Labute approximate surface area is 161 Å². The van der Waals surface area contributed by atoms with E-state index in [9.17, 15) is 19.2 Å². The standard InChI is InChI=1S/C20H19N3O5/c1-12(24)21-14-5-8-17(28-2)16(11-14)22-20(27)13-3-6-15(7-4-13)23-18(25)9-10-19(23)26/h3-8,11H,9-10H2,1-2H3,(H,21,24)(H,22,27). The lowest BCUT2D eigenvalue weighted by Gasteiger charge is -2.15. The summed E-state index contributed by atoms with van der Waals surface area (Å²) in [5, 5.41) is 5.38. The maximum atomic E-state index is 12.6. The summed E-state index contributed by atoms with van der Waals surface area (Å²) in [6.45, 7) is 1.39. The summed E-state index contributed by atoms with van der Waals surface area (Å²) < 4.78 is 5.24. The molecule has 1 fully saturated rings. The van der Waals surface area contributed by atoms with E-state index in [0.717, 1.165) is 4.90 Å². The van der Waals surface area contributed by atoms with Crippen LogP contribution < -0.4 is 20.3 Å². The summed E-state index contributed by atoms with van der Waals surface area (Å²) >= 11 is 0. The van der Waals surface area contributed by atoms with Gasteiger partial charge in [0.2, 0.25) is 17.7 Å². The molecule has 144 valence electrons. The first-order valence-corrected chi connectivity index (χ1v) is 8.62. The summed E-state index contributed by atoms with van der Waals surface area (Å²) in [6.07, 6.45) is 0.400. The van der Waals surface area contributed by atoms with Crippen molar-refractivity contribution in [2.24, 2.45) is 0 Å². The molecule has 1 aliphatic heterocycles. The predicted molar refractivity (Wildman–Crippen MR) is 103 cm³/mol. The number of nitrogens with zero attached hydrogens (tertiary/aromatic N) is 1. The van der Waals surface area contributed by atoms with Crippen molar-refractivity contribution in [3.05, 3.63) is 48.0 Å². The molecule has 0 aliphatic carbocycles. The van der Waals surface area contributed by atoms with Gasteiger partial charge in [-0.2, -0.15) is 0 Å². The molecule has 0 spiro atoms. The van der Waals surface area contributed by atoms with Crippen LogP contribution in [0.4, 0.5) is 17.1 Å². The zero-order valence-corrected chi connectivity index (χ0v) is 15.4. The van der Waals surface area contributed by atoms with E-state index in [2.05, 4.69) is 10.6 Å². The van der Waals surface area contributed by atoms with Crippen LogP contribution in [0.15, 0.2) is 42.5 Å². The Morgan fingerprint density at radius 3 is 2.18 bits per heavy atom. The SMILES string of the molecule is COc1ccc(NC(C)=O)cc1NC(=O)c1ccc(N2C(=O)CCC2=O)cc1. The van der Waals surface area contributed by atoms with Gasteiger partial charge in [-0.15, -0.1) is 0 Å². The van der Waals surface area contributed by atoms with Gasteiger partial charge >= 0.3 is 0 Å². The molecule has 0 aromatic heterocycles. The zero-order chi connectivity index (χ0) is 20.3. The smallest absolute Gasteiger partial charge is 0.255 e. The number of hydrogen-bond acceptors (Lipinski definition) is 5. The molecule has 4 amide bonds. The van der Waals surface area contributed by atoms with Gasteiger partial charge in [0.1, 0.15) is 5.75 Å². The van der Waals surface area contributed by atoms with Crippen molar-refractivity contribution >= 4 is 40.7 Å². The fourth-order valence-electron chi connectivity index (χ4n) is 2.91. The van der Waals surface area contributed by atoms with Crippen LogP contribution in [0.3, 0.4) is 0 Å². The van der Waals surface area contributed by atoms with Crippen molar-refractivity contribution in [1.29, 1.82) is 0 Å². The second kappa shape index (κ2) is 7.91. The van der Waals surface area contributed by atoms with E-state index in [-0.39, 0.29) is 30.6 Å². The van der Waals surface area contributed by atoms with Gasteiger partial charge in [0.25, 0.3) is 5.91 Å². The van der Waals surface area contributed by atoms with E-state index in [0.29, 0.717) is 28.4 Å². The van der Waals surface area contributed by atoms with Crippen molar-refractivity contribution in [2.45, 2.75) is 19.8 Å². The summed E-state index contributed by atoms with van der Waals surface area (Å²) in [6, 6.07) is 11.1. The minimum Gasteiger partial charge on any atom is -0.495 e. The highest BCUT2D eigenvalue weighted by atomic mass is 16.5. The van der Waals surface area contributed by atoms with Gasteiger partial charge in [-0.05, 0) is 42.5 Å². The third kappa shape index (κ3) is 4.01. The van der Waals surface area contributed by atoms with Gasteiger partial charge in [-0.1, -0.05) is 0 Å². The predicted octanol–water partition coefficient (Wildman–Crippen LogP) is 2.56. The normalized spacial score (nSPS) is 13.4. The van der Waals surface area contributed by atoms with Gasteiger partial charge in [-0.3, -0.25) is 24.1 Å². The van der Waals surface area contributed by atoms with E-state index in [1.165, 1.54) is 26.2 Å². The van der Waals surface area contributed by atoms with Gasteiger partial charge in [0.05, 0.1) is 18.5 Å². The molecule has 2 N–H and O–H groups in total. The number of amides is 4. The minimum absolute atomic E-state index is 0.200. The molecule has 0 radical (unpaired) electrons. The fourth-order valence-corrected chi connectivity index (χ4v) is 2.91. The Morgan fingerprint density at radius 1 is 0.964 bits per heavy atom. The lowest BCUT2D eigenvalue weighted by atomic mass is 10.1. The van der Waals surface area contributed by atoms with Crippen LogP contribution in [0.5, 0.6) is 5.75 Å². The topological polar surface area (TPSA) is 105 Å². The number of hydrogen-bond donors (Lipinski definition) is 2. The van der Waals surface area contributed by atoms with Crippen molar-refractivity contribution in [2.75, 3.05) is 22.6 Å². The molecular formula is C20H19N3O5. The fraction of sp³-hybridized carbons (Fsp3) is 0.200. The molecule has 1 saturated heterocycles. The molecule has 2 aromatic rings. The summed E-state index contributed by atoms with van der Waals surface area (Å²) in [4.78, 5) is 48.5. The van der Waals surface area contributed by atoms with Crippen molar-refractivity contribution in [3.8, 4) is 5.75 Å². The molecule has 28 heavy (non-hydrogen) atoms. The average Bonchev–Trinajstić information content (AvgIpc) is 3.00. The van der Waals surface area contributed by atoms with E-state index in [1.54, 1.807) is 30.3 Å². The molecule has 1 heterocycles. The number of anilines is 3. The molecule has 8 heteroatoms. The van der Waals surface area contributed by atoms with Crippen LogP contribution >= 0.6 is 0 Å². The number of rotatable bonds is 5. The molecule has 1 aliphatic rings. The number of benzene rings is 2. The Balaban J connectivity index is 1.78. The molecule has 0 bridgehead atoms. The maximum absolute atomic E-state index is 12.6. The number of imide groups is 1.